The van der Waals surface area contributed by atoms with Gasteiger partial charge in [-0.15, -0.1) is 5.10 Å². The van der Waals surface area contributed by atoms with Crippen molar-refractivity contribution in [1.29, 1.82) is 0 Å². The summed E-state index contributed by atoms with van der Waals surface area (Å²) in [6.07, 6.45) is 1.63. The van der Waals surface area contributed by atoms with Crippen LogP contribution >= 0.6 is 23.4 Å². The number of rotatable bonds is 6. The lowest BCUT2D eigenvalue weighted by Crippen LogP contribution is -2.03. The Bertz CT molecular complexity index is 745. The number of furan rings is 1. The van der Waals surface area contributed by atoms with Crippen molar-refractivity contribution in [3.8, 4) is 5.75 Å². The van der Waals surface area contributed by atoms with Gasteiger partial charge in [-0.25, -0.2) is 4.68 Å². The molecule has 2 aromatic heterocycles. The van der Waals surface area contributed by atoms with Crippen LogP contribution < -0.4 is 4.74 Å². The Balaban J connectivity index is 1.72. The summed E-state index contributed by atoms with van der Waals surface area (Å²) < 4.78 is 12.3. The molecule has 1 aromatic carbocycles. The van der Waals surface area contributed by atoms with Crippen molar-refractivity contribution in [3.63, 3.8) is 0 Å². The second-order valence-electron chi connectivity index (χ2n) is 4.44. The first-order chi connectivity index (χ1) is 10.8. The number of hydrogen-bond acceptors (Lipinski definition) is 6. The summed E-state index contributed by atoms with van der Waals surface area (Å²) in [4.78, 5) is 0. The Morgan fingerprint density at radius 1 is 1.36 bits per heavy atom. The molecular weight excluding hydrogens is 324 g/mol. The first-order valence-corrected chi connectivity index (χ1v) is 7.86. The Morgan fingerprint density at radius 2 is 2.27 bits per heavy atom. The number of ether oxygens (including phenoxy) is 1. The molecule has 0 aliphatic heterocycles. The Kier molecular flexibility index (Phi) is 4.65. The van der Waals surface area contributed by atoms with Crippen LogP contribution in [-0.2, 0) is 12.3 Å². The minimum atomic E-state index is 0.495. The topological polar surface area (TPSA) is 66.0 Å². The zero-order valence-electron chi connectivity index (χ0n) is 11.8. The zero-order valence-corrected chi connectivity index (χ0v) is 13.3. The molecule has 0 atom stereocenters. The van der Waals surface area contributed by atoms with Crippen molar-refractivity contribution in [2.75, 3.05) is 7.11 Å². The molecule has 0 aliphatic rings. The minimum Gasteiger partial charge on any atom is -0.496 e. The van der Waals surface area contributed by atoms with Gasteiger partial charge in [0.15, 0.2) is 0 Å². The number of benzene rings is 1. The molecule has 0 fully saturated rings. The van der Waals surface area contributed by atoms with E-state index in [1.807, 2.05) is 24.3 Å². The van der Waals surface area contributed by atoms with E-state index in [2.05, 4.69) is 15.5 Å². The van der Waals surface area contributed by atoms with Crippen LogP contribution in [0.15, 0.2) is 46.2 Å². The van der Waals surface area contributed by atoms with E-state index in [9.17, 15) is 0 Å². The molecule has 0 spiro atoms. The predicted octanol–water partition coefficient (Wildman–Crippen LogP) is 3.27. The summed E-state index contributed by atoms with van der Waals surface area (Å²) in [6, 6.07) is 9.26. The molecule has 0 amide bonds. The molecule has 3 rings (SSSR count). The highest BCUT2D eigenvalue weighted by molar-refractivity contribution is 7.98. The van der Waals surface area contributed by atoms with E-state index in [0.717, 1.165) is 17.1 Å². The fraction of sp³-hybridized carbons (Fsp3) is 0.214. The lowest BCUT2D eigenvalue weighted by molar-refractivity contribution is 0.411. The quantitative estimate of drug-likeness (QED) is 0.644. The van der Waals surface area contributed by atoms with Crippen molar-refractivity contribution in [2.24, 2.45) is 0 Å². The largest absolute Gasteiger partial charge is 0.496 e. The van der Waals surface area contributed by atoms with E-state index >= 15 is 0 Å². The molecule has 0 N–H and O–H groups in total. The van der Waals surface area contributed by atoms with Crippen LogP contribution in [0.4, 0.5) is 0 Å². The first kappa shape index (κ1) is 14.9. The maximum Gasteiger partial charge on any atom is 0.210 e. The normalized spacial score (nSPS) is 10.8. The monoisotopic (exact) mass is 336 g/mol. The fourth-order valence-corrected chi connectivity index (χ4v) is 3.00. The molecule has 0 bridgehead atoms. The molecule has 8 heteroatoms. The molecule has 2 heterocycles. The summed E-state index contributed by atoms with van der Waals surface area (Å²) in [5.41, 5.74) is 0.993. The molecule has 0 saturated heterocycles. The van der Waals surface area contributed by atoms with Crippen molar-refractivity contribution < 1.29 is 9.15 Å². The smallest absolute Gasteiger partial charge is 0.210 e. The van der Waals surface area contributed by atoms with Gasteiger partial charge in [0.2, 0.25) is 5.16 Å². The minimum absolute atomic E-state index is 0.495. The first-order valence-electron chi connectivity index (χ1n) is 6.50. The SMILES string of the molecule is COc1ccc(Cl)cc1CSc1nnnn1Cc1ccco1. The summed E-state index contributed by atoms with van der Waals surface area (Å²) in [6.45, 7) is 0.495. The van der Waals surface area contributed by atoms with Crippen LogP contribution in [0.1, 0.15) is 11.3 Å². The van der Waals surface area contributed by atoms with Gasteiger partial charge >= 0.3 is 0 Å². The standard InChI is InChI=1S/C14H13ClN4O2S/c1-20-13-5-4-11(15)7-10(13)9-22-14-16-17-18-19(14)8-12-3-2-6-21-12/h2-7H,8-9H2,1H3. The highest BCUT2D eigenvalue weighted by Crippen LogP contribution is 2.29. The van der Waals surface area contributed by atoms with E-state index in [-0.39, 0.29) is 0 Å². The number of halogens is 1. The molecule has 0 radical (unpaired) electrons. The molecule has 0 saturated carbocycles. The van der Waals surface area contributed by atoms with Gasteiger partial charge < -0.3 is 9.15 Å². The maximum atomic E-state index is 6.04. The summed E-state index contributed by atoms with van der Waals surface area (Å²) in [5.74, 6) is 2.25. The molecule has 114 valence electrons. The van der Waals surface area contributed by atoms with Crippen molar-refractivity contribution >= 4 is 23.4 Å². The highest BCUT2D eigenvalue weighted by atomic mass is 35.5. The third-order valence-electron chi connectivity index (χ3n) is 2.98. The van der Waals surface area contributed by atoms with Crippen molar-refractivity contribution in [2.45, 2.75) is 17.5 Å². The Hall–Kier alpha value is -1.99. The summed E-state index contributed by atoms with van der Waals surface area (Å²) >= 11 is 7.55. The Labute approximate surface area is 136 Å². The fourth-order valence-electron chi connectivity index (χ4n) is 1.95. The number of aromatic nitrogens is 4. The second-order valence-corrected chi connectivity index (χ2v) is 5.82. The van der Waals surface area contributed by atoms with Gasteiger partial charge in [-0.05, 0) is 40.8 Å². The third-order valence-corrected chi connectivity index (χ3v) is 4.23. The number of hydrogen-bond donors (Lipinski definition) is 0. The van der Waals surface area contributed by atoms with Crippen LogP contribution in [0.5, 0.6) is 5.75 Å². The summed E-state index contributed by atoms with van der Waals surface area (Å²) in [7, 11) is 1.64. The maximum absolute atomic E-state index is 6.04. The average molecular weight is 337 g/mol. The van der Waals surface area contributed by atoms with E-state index < -0.39 is 0 Å². The zero-order chi connectivity index (χ0) is 15.4. The van der Waals surface area contributed by atoms with E-state index in [4.69, 9.17) is 20.8 Å². The van der Waals surface area contributed by atoms with Gasteiger partial charge in [0.1, 0.15) is 18.1 Å². The van der Waals surface area contributed by atoms with Crippen molar-refractivity contribution in [1.82, 2.24) is 20.2 Å². The predicted molar refractivity (Wildman–Crippen MR) is 83.2 cm³/mol. The molecule has 0 aliphatic carbocycles. The van der Waals surface area contributed by atoms with Gasteiger partial charge in [-0.3, -0.25) is 0 Å². The van der Waals surface area contributed by atoms with Gasteiger partial charge in [-0.1, -0.05) is 23.4 Å². The molecule has 3 aromatic rings. The Morgan fingerprint density at radius 3 is 3.05 bits per heavy atom. The van der Waals surface area contributed by atoms with Crippen LogP contribution in [-0.4, -0.2) is 27.3 Å². The van der Waals surface area contributed by atoms with Gasteiger partial charge in [0.05, 0.1) is 13.4 Å². The van der Waals surface area contributed by atoms with Gasteiger partial charge in [0.25, 0.3) is 0 Å². The van der Waals surface area contributed by atoms with Crippen LogP contribution in [0.25, 0.3) is 0 Å². The molecular formula is C14H13ClN4O2S. The van der Waals surface area contributed by atoms with E-state index in [0.29, 0.717) is 22.5 Å². The molecule has 22 heavy (non-hydrogen) atoms. The third kappa shape index (κ3) is 3.42. The highest BCUT2D eigenvalue weighted by Gasteiger charge is 2.11. The van der Waals surface area contributed by atoms with Gasteiger partial charge in [0, 0.05) is 16.3 Å². The lowest BCUT2D eigenvalue weighted by atomic mass is 10.2. The second kappa shape index (κ2) is 6.85. The van der Waals surface area contributed by atoms with Crippen molar-refractivity contribution in [3.05, 3.63) is 52.9 Å². The number of nitrogens with zero attached hydrogens (tertiary/aromatic N) is 4. The van der Waals surface area contributed by atoms with Crippen LogP contribution in [0.2, 0.25) is 5.02 Å². The summed E-state index contributed by atoms with van der Waals surface area (Å²) in [5, 5.41) is 13.1. The average Bonchev–Trinajstić information content (AvgIpc) is 3.18. The van der Waals surface area contributed by atoms with Gasteiger partial charge in [-0.2, -0.15) is 0 Å². The van der Waals surface area contributed by atoms with Crippen LogP contribution in [0.3, 0.4) is 0 Å². The number of methoxy groups -OCH3 is 1. The molecule has 0 unspecified atom stereocenters. The number of tetrazole rings is 1. The van der Waals surface area contributed by atoms with Crippen LogP contribution in [0, 0.1) is 0 Å². The van der Waals surface area contributed by atoms with E-state index in [1.165, 1.54) is 11.8 Å². The number of thioether (sulfide) groups is 1. The molecule has 6 nitrogen and oxygen atoms in total. The lowest BCUT2D eigenvalue weighted by Gasteiger charge is -2.08. The van der Waals surface area contributed by atoms with E-state index in [1.54, 1.807) is 24.1 Å².